The zero-order valence-corrected chi connectivity index (χ0v) is 14.9. The number of amides is 1. The number of aromatic nitrogens is 2. The second-order valence-electron chi connectivity index (χ2n) is 5.76. The third-order valence-corrected chi connectivity index (χ3v) is 3.65. The molecule has 7 nitrogen and oxygen atoms in total. The number of nitrogens with one attached hydrogen (secondary N) is 1. The van der Waals surface area contributed by atoms with Crippen LogP contribution in [0.5, 0.6) is 0 Å². The third-order valence-electron chi connectivity index (χ3n) is 3.65. The molecule has 2 aromatic carbocycles. The van der Waals surface area contributed by atoms with Crippen molar-refractivity contribution in [2.24, 2.45) is 5.16 Å². The zero-order valence-electron chi connectivity index (χ0n) is 14.9. The molecular formula is C19H15F3N4O3. The van der Waals surface area contributed by atoms with Crippen LogP contribution in [0.3, 0.4) is 0 Å². The molecule has 10 heteroatoms. The van der Waals surface area contributed by atoms with Gasteiger partial charge < -0.3 is 14.7 Å². The SMILES string of the molecule is O=C(NCC=NOCc1ccccc1)c1ccc(-c2noc(C(F)(F)F)n2)cc1. The number of carbonyl (C=O) groups is 1. The highest BCUT2D eigenvalue weighted by Crippen LogP contribution is 2.29. The van der Waals surface area contributed by atoms with Crippen LogP contribution in [0.1, 0.15) is 21.8 Å². The molecular weight excluding hydrogens is 389 g/mol. The summed E-state index contributed by atoms with van der Waals surface area (Å²) in [6, 6.07) is 15.2. The van der Waals surface area contributed by atoms with Crippen molar-refractivity contribution in [3.05, 3.63) is 71.6 Å². The van der Waals surface area contributed by atoms with E-state index in [1.165, 1.54) is 30.5 Å². The Morgan fingerprint density at radius 2 is 1.86 bits per heavy atom. The summed E-state index contributed by atoms with van der Waals surface area (Å²) >= 11 is 0. The maximum Gasteiger partial charge on any atom is 0.471 e. The molecule has 0 saturated heterocycles. The van der Waals surface area contributed by atoms with Gasteiger partial charge in [0, 0.05) is 11.1 Å². The highest BCUT2D eigenvalue weighted by molar-refractivity contribution is 5.95. The molecule has 1 aromatic heterocycles. The van der Waals surface area contributed by atoms with Gasteiger partial charge in [0.25, 0.3) is 5.91 Å². The van der Waals surface area contributed by atoms with E-state index in [1.54, 1.807) is 0 Å². The lowest BCUT2D eigenvalue weighted by molar-refractivity contribution is -0.159. The number of benzene rings is 2. The first kappa shape index (κ1) is 20.1. The Bertz CT molecular complexity index is 970. The molecule has 3 aromatic rings. The van der Waals surface area contributed by atoms with Gasteiger partial charge in [-0.15, -0.1) is 0 Å². The number of carbonyl (C=O) groups excluding carboxylic acids is 1. The van der Waals surface area contributed by atoms with E-state index in [2.05, 4.69) is 25.1 Å². The molecule has 150 valence electrons. The average molecular weight is 404 g/mol. The van der Waals surface area contributed by atoms with E-state index in [9.17, 15) is 18.0 Å². The van der Waals surface area contributed by atoms with Crippen molar-refractivity contribution >= 4 is 12.1 Å². The molecule has 0 bridgehead atoms. The first-order chi connectivity index (χ1) is 13.9. The number of rotatable bonds is 7. The van der Waals surface area contributed by atoms with E-state index in [0.717, 1.165) is 5.56 Å². The Balaban J connectivity index is 1.47. The summed E-state index contributed by atoms with van der Waals surface area (Å²) in [5.41, 5.74) is 1.57. The molecule has 0 aliphatic carbocycles. The van der Waals surface area contributed by atoms with E-state index in [1.807, 2.05) is 30.3 Å². The fraction of sp³-hybridized carbons (Fsp3) is 0.158. The Hall–Kier alpha value is -3.69. The average Bonchev–Trinajstić information content (AvgIpc) is 3.22. The monoisotopic (exact) mass is 404 g/mol. The van der Waals surface area contributed by atoms with Gasteiger partial charge in [-0.05, 0) is 17.7 Å². The fourth-order valence-corrected chi connectivity index (χ4v) is 2.24. The molecule has 0 fully saturated rings. The van der Waals surface area contributed by atoms with Gasteiger partial charge in [0.2, 0.25) is 5.82 Å². The Morgan fingerprint density at radius 1 is 1.14 bits per heavy atom. The Morgan fingerprint density at radius 3 is 2.52 bits per heavy atom. The largest absolute Gasteiger partial charge is 0.471 e. The lowest BCUT2D eigenvalue weighted by Crippen LogP contribution is -2.25. The van der Waals surface area contributed by atoms with Crippen LogP contribution in [-0.4, -0.2) is 28.8 Å². The standard InChI is InChI=1S/C19H15F3N4O3/c20-19(21,22)18-25-16(26-29-18)14-6-8-15(9-7-14)17(27)23-10-11-24-28-12-13-4-2-1-3-5-13/h1-9,11H,10,12H2,(H,23,27). The van der Waals surface area contributed by atoms with Crippen molar-refractivity contribution in [3.63, 3.8) is 0 Å². The van der Waals surface area contributed by atoms with Crippen molar-refractivity contribution in [1.82, 2.24) is 15.5 Å². The lowest BCUT2D eigenvalue weighted by Gasteiger charge is -2.03. The summed E-state index contributed by atoms with van der Waals surface area (Å²) in [5, 5.41) is 9.65. The minimum absolute atomic E-state index is 0.148. The van der Waals surface area contributed by atoms with Crippen LogP contribution in [0.2, 0.25) is 0 Å². The van der Waals surface area contributed by atoms with E-state index >= 15 is 0 Å². The molecule has 1 heterocycles. The molecule has 0 spiro atoms. The van der Waals surface area contributed by atoms with Crippen LogP contribution < -0.4 is 5.32 Å². The molecule has 0 saturated carbocycles. The second kappa shape index (κ2) is 9.00. The lowest BCUT2D eigenvalue weighted by atomic mass is 10.1. The van der Waals surface area contributed by atoms with Gasteiger partial charge in [-0.2, -0.15) is 18.2 Å². The second-order valence-corrected chi connectivity index (χ2v) is 5.76. The summed E-state index contributed by atoms with van der Waals surface area (Å²) in [4.78, 5) is 20.5. The Labute approximate surface area is 163 Å². The van der Waals surface area contributed by atoms with Crippen LogP contribution in [0.4, 0.5) is 13.2 Å². The number of halogens is 3. The van der Waals surface area contributed by atoms with E-state index < -0.39 is 12.1 Å². The van der Waals surface area contributed by atoms with Crippen LogP contribution in [0.15, 0.2) is 64.3 Å². The number of alkyl halides is 3. The van der Waals surface area contributed by atoms with Gasteiger partial charge in [0.1, 0.15) is 6.61 Å². The summed E-state index contributed by atoms with van der Waals surface area (Å²) in [6.45, 7) is 0.466. The van der Waals surface area contributed by atoms with Crippen LogP contribution in [-0.2, 0) is 17.6 Å². The van der Waals surface area contributed by atoms with Crippen molar-refractivity contribution in [2.75, 3.05) is 6.54 Å². The molecule has 3 rings (SSSR count). The maximum atomic E-state index is 12.5. The van der Waals surface area contributed by atoms with Crippen LogP contribution >= 0.6 is 0 Å². The van der Waals surface area contributed by atoms with E-state index in [4.69, 9.17) is 4.84 Å². The summed E-state index contributed by atoms with van der Waals surface area (Å²) in [6.07, 6.45) is -3.30. The minimum Gasteiger partial charge on any atom is -0.391 e. The molecule has 29 heavy (non-hydrogen) atoms. The topological polar surface area (TPSA) is 89.6 Å². The molecule has 0 radical (unpaired) electrons. The number of oxime groups is 1. The van der Waals surface area contributed by atoms with Crippen molar-refractivity contribution in [2.45, 2.75) is 12.8 Å². The molecule has 0 aliphatic rings. The first-order valence-corrected chi connectivity index (χ1v) is 8.41. The fourth-order valence-electron chi connectivity index (χ4n) is 2.24. The van der Waals surface area contributed by atoms with Gasteiger partial charge in [0.05, 0.1) is 12.8 Å². The summed E-state index contributed by atoms with van der Waals surface area (Å²) < 4.78 is 41.7. The smallest absolute Gasteiger partial charge is 0.391 e. The van der Waals surface area contributed by atoms with Gasteiger partial charge in [0.15, 0.2) is 0 Å². The van der Waals surface area contributed by atoms with Gasteiger partial charge in [-0.1, -0.05) is 52.8 Å². The molecule has 1 N–H and O–H groups in total. The molecule has 0 atom stereocenters. The van der Waals surface area contributed by atoms with Crippen LogP contribution in [0, 0.1) is 0 Å². The van der Waals surface area contributed by atoms with Crippen molar-refractivity contribution in [3.8, 4) is 11.4 Å². The first-order valence-electron chi connectivity index (χ1n) is 8.41. The van der Waals surface area contributed by atoms with Crippen molar-refractivity contribution in [1.29, 1.82) is 0 Å². The quantitative estimate of drug-likeness (QED) is 0.479. The van der Waals surface area contributed by atoms with Gasteiger partial charge >= 0.3 is 12.1 Å². The maximum absolute atomic E-state index is 12.5. The predicted octanol–water partition coefficient (Wildman–Crippen LogP) is 3.69. The van der Waals surface area contributed by atoms with E-state index in [0.29, 0.717) is 12.2 Å². The highest BCUT2D eigenvalue weighted by atomic mass is 19.4. The summed E-state index contributed by atoms with van der Waals surface area (Å²) in [5.74, 6) is -2.02. The molecule has 0 unspecified atom stereocenters. The number of hydrogen-bond acceptors (Lipinski definition) is 6. The third kappa shape index (κ3) is 5.64. The molecule has 1 amide bonds. The molecule has 0 aliphatic heterocycles. The number of nitrogens with zero attached hydrogens (tertiary/aromatic N) is 3. The van der Waals surface area contributed by atoms with Gasteiger partial charge in [-0.3, -0.25) is 4.79 Å². The van der Waals surface area contributed by atoms with E-state index in [-0.39, 0.29) is 23.8 Å². The Kier molecular flexibility index (Phi) is 6.22. The predicted molar refractivity (Wildman–Crippen MR) is 96.8 cm³/mol. The van der Waals surface area contributed by atoms with Gasteiger partial charge in [-0.25, -0.2) is 0 Å². The van der Waals surface area contributed by atoms with Crippen molar-refractivity contribution < 1.29 is 27.3 Å². The zero-order chi connectivity index (χ0) is 20.7. The minimum atomic E-state index is -4.71. The summed E-state index contributed by atoms with van der Waals surface area (Å²) in [7, 11) is 0. The van der Waals surface area contributed by atoms with Crippen LogP contribution in [0.25, 0.3) is 11.4 Å². The normalized spacial score (nSPS) is 11.6. The highest BCUT2D eigenvalue weighted by Gasteiger charge is 2.38. The number of hydrogen-bond donors (Lipinski definition) is 1.